The van der Waals surface area contributed by atoms with Crippen LogP contribution >= 0.6 is 0 Å². The van der Waals surface area contributed by atoms with Gasteiger partial charge in [0.1, 0.15) is 23.5 Å². The lowest BCUT2D eigenvalue weighted by atomic mass is 9.88. The molecule has 2 fully saturated rings. The number of carbonyl (C=O) groups is 1. The normalized spacial score (nSPS) is 27.3. The van der Waals surface area contributed by atoms with Gasteiger partial charge >= 0.3 is 6.09 Å². The van der Waals surface area contributed by atoms with Crippen molar-refractivity contribution < 1.29 is 37.0 Å². The van der Waals surface area contributed by atoms with E-state index in [-0.39, 0.29) is 28.3 Å². The molecule has 15 heteroatoms. The number of nitrogens with zero attached hydrogens (tertiary/aromatic N) is 4. The summed E-state index contributed by atoms with van der Waals surface area (Å²) in [5.41, 5.74) is 8.76. The quantitative estimate of drug-likeness (QED) is 0.0715. The van der Waals surface area contributed by atoms with Crippen molar-refractivity contribution in [1.29, 1.82) is 0 Å². The zero-order chi connectivity index (χ0) is 47.2. The van der Waals surface area contributed by atoms with E-state index in [4.69, 9.17) is 32.2 Å². The zero-order valence-corrected chi connectivity index (χ0v) is 44.6. The van der Waals surface area contributed by atoms with E-state index in [1.165, 1.54) is 0 Å². The van der Waals surface area contributed by atoms with Crippen LogP contribution in [0.15, 0.2) is 77.9 Å². The van der Waals surface area contributed by atoms with Crippen molar-refractivity contribution in [2.75, 3.05) is 13.2 Å². The fraction of sp³-hybridized carbons (Fsp3) is 0.688. The first kappa shape index (κ1) is 51.2. The molecule has 2 aromatic rings. The Morgan fingerprint density at radius 2 is 1.30 bits per heavy atom. The van der Waals surface area contributed by atoms with Crippen LogP contribution in [-0.2, 0) is 32.2 Å². The third kappa shape index (κ3) is 10.6. The van der Waals surface area contributed by atoms with Crippen molar-refractivity contribution in [2.24, 2.45) is 5.11 Å². The molecule has 1 spiro atoms. The summed E-state index contributed by atoms with van der Waals surface area (Å²) >= 11 is 0. The monoisotopic (exact) mass is 923 g/mol. The maximum atomic E-state index is 14.0. The number of hydrogen-bond donors (Lipinski definition) is 0. The number of ether oxygens (including phenoxy) is 4. The summed E-state index contributed by atoms with van der Waals surface area (Å²) in [6.07, 6.45) is 0.901. The Bertz CT molecular complexity index is 1930. The molecule has 3 aliphatic rings. The molecule has 3 aliphatic heterocycles. The van der Waals surface area contributed by atoms with E-state index in [0.717, 1.165) is 10.4 Å². The van der Waals surface area contributed by atoms with Crippen molar-refractivity contribution >= 4 is 41.4 Å². The largest absolute Gasteiger partial charge is 0.444 e. The van der Waals surface area contributed by atoms with E-state index < -0.39 is 84.7 Å². The Hall–Kier alpha value is -2.83. The number of rotatable bonds is 11. The van der Waals surface area contributed by atoms with E-state index in [0.29, 0.717) is 6.42 Å². The van der Waals surface area contributed by atoms with Crippen LogP contribution in [0.1, 0.15) is 103 Å². The van der Waals surface area contributed by atoms with Crippen LogP contribution in [-0.4, -0.2) is 103 Å². The minimum absolute atomic E-state index is 0.125. The smallest absolute Gasteiger partial charge is 0.412 e. The molecule has 0 saturated carbocycles. The van der Waals surface area contributed by atoms with Gasteiger partial charge in [-0.05, 0) is 104 Å². The minimum Gasteiger partial charge on any atom is -0.444 e. The summed E-state index contributed by atoms with van der Waals surface area (Å²) < 4.78 is 49.8. The van der Waals surface area contributed by atoms with Gasteiger partial charge in [-0.2, -0.15) is 0 Å². The van der Waals surface area contributed by atoms with Gasteiger partial charge in [-0.1, -0.05) is 134 Å². The molecule has 5 rings (SSSR count). The van der Waals surface area contributed by atoms with Gasteiger partial charge in [0.2, 0.25) is 0 Å². The molecular weight excluding hydrogens is 845 g/mol. The van der Waals surface area contributed by atoms with Gasteiger partial charge in [0, 0.05) is 4.91 Å². The highest BCUT2D eigenvalue weighted by Crippen LogP contribution is 2.49. The zero-order valence-electron chi connectivity index (χ0n) is 41.6. The molecule has 0 aliphatic carbocycles. The SMILES string of the molecule is CC(C)(C)OC(=O)N1[C@@H]([C@@H]2CC=C[C@]3(O2)O[C@H](CO[Si](c2ccccc2)(c2ccccc2)C(C)(C)C)[C@H](O[Si](C)(C)C(C)(C)C)[C@H](O[Si](C)(C)C(C)(C)C)[C@H]3N=[N+]=[N-])COC1(C)C. The lowest BCUT2D eigenvalue weighted by Gasteiger charge is -2.57. The van der Waals surface area contributed by atoms with E-state index in [1.54, 1.807) is 4.90 Å². The topological polar surface area (TPSA) is 134 Å². The van der Waals surface area contributed by atoms with Crippen LogP contribution in [0.2, 0.25) is 41.3 Å². The second kappa shape index (κ2) is 18.1. The molecule has 2 saturated heterocycles. The van der Waals surface area contributed by atoms with Crippen LogP contribution < -0.4 is 10.4 Å². The molecular formula is C48H78N4O8Si3. The first-order valence-electron chi connectivity index (χ1n) is 22.7. The Morgan fingerprint density at radius 3 is 1.76 bits per heavy atom. The molecule has 12 nitrogen and oxygen atoms in total. The van der Waals surface area contributed by atoms with Crippen molar-refractivity contribution in [3.8, 4) is 0 Å². The van der Waals surface area contributed by atoms with Gasteiger partial charge < -0.3 is 32.2 Å². The molecule has 7 atom stereocenters. The second-order valence-corrected chi connectivity index (χ2v) is 37.0. The summed E-state index contributed by atoms with van der Waals surface area (Å²) in [5.74, 6) is -1.64. The van der Waals surface area contributed by atoms with Crippen LogP contribution in [0.3, 0.4) is 0 Å². The highest BCUT2D eigenvalue weighted by Gasteiger charge is 2.62. The summed E-state index contributed by atoms with van der Waals surface area (Å²) in [4.78, 5) is 19.1. The van der Waals surface area contributed by atoms with Gasteiger partial charge in [0.25, 0.3) is 8.32 Å². The fourth-order valence-corrected chi connectivity index (χ4v) is 15.7. The molecule has 0 N–H and O–H groups in total. The third-order valence-electron chi connectivity index (χ3n) is 13.9. The van der Waals surface area contributed by atoms with Crippen molar-refractivity contribution in [1.82, 2.24) is 4.90 Å². The molecule has 3 heterocycles. The van der Waals surface area contributed by atoms with Crippen molar-refractivity contribution in [3.05, 3.63) is 83.3 Å². The summed E-state index contributed by atoms with van der Waals surface area (Å²) in [6, 6.07) is 19.5. The van der Waals surface area contributed by atoms with Gasteiger partial charge in [0.05, 0.1) is 37.6 Å². The molecule has 0 radical (unpaired) electrons. The first-order valence-corrected chi connectivity index (χ1v) is 30.4. The van der Waals surface area contributed by atoms with Crippen molar-refractivity contribution in [2.45, 2.75) is 198 Å². The number of carbonyl (C=O) groups excluding carboxylic acids is 1. The average Bonchev–Trinajstić information content (AvgIpc) is 3.48. The van der Waals surface area contributed by atoms with Gasteiger partial charge in [-0.25, -0.2) is 4.79 Å². The number of azide groups is 1. The van der Waals surface area contributed by atoms with Gasteiger partial charge in [-0.3, -0.25) is 4.90 Å². The summed E-state index contributed by atoms with van der Waals surface area (Å²) in [5, 5.41) is 6.11. The second-order valence-electron chi connectivity index (χ2n) is 23.2. The average molecular weight is 923 g/mol. The number of amides is 1. The molecule has 2 aromatic carbocycles. The lowest BCUT2D eigenvalue weighted by Crippen LogP contribution is -2.72. The fourth-order valence-electron chi connectivity index (χ4n) is 8.54. The van der Waals surface area contributed by atoms with Gasteiger partial charge in [-0.15, -0.1) is 0 Å². The maximum Gasteiger partial charge on any atom is 0.412 e. The highest BCUT2D eigenvalue weighted by molar-refractivity contribution is 6.99. The minimum atomic E-state index is -3.11. The Morgan fingerprint density at radius 1 is 0.794 bits per heavy atom. The van der Waals surface area contributed by atoms with Crippen LogP contribution in [0.5, 0.6) is 0 Å². The molecule has 0 aromatic heterocycles. The Kier molecular flexibility index (Phi) is 14.7. The third-order valence-corrected chi connectivity index (χ3v) is 27.8. The summed E-state index contributed by atoms with van der Waals surface area (Å²) in [6.45, 7) is 38.4. The molecule has 63 heavy (non-hydrogen) atoms. The standard InChI is InChI=1S/C48H78N4O8Si3/c1-43(2,3)58-42(53)52-36(32-54-47(52,13)14)37-30-25-31-48(56-37)41(50-51-49)40(60-62(17,18)45(7,8)9)39(59-61(15,16)44(4,5)6)38(57-48)33-55-63(46(10,11)12,34-26-21-19-22-27-34)35-28-23-20-24-29-35/h19-29,31,36-41H,30,32-33H2,1-18H3/t36-,37+,38-,39+,40+,41-,48+/m1/s1. The van der Waals surface area contributed by atoms with E-state index in [1.807, 2.05) is 58.9 Å². The van der Waals surface area contributed by atoms with Crippen LogP contribution in [0.4, 0.5) is 4.79 Å². The number of hydrogen-bond acceptors (Lipinski definition) is 9. The van der Waals surface area contributed by atoms with E-state index in [9.17, 15) is 10.3 Å². The predicted octanol–water partition coefficient (Wildman–Crippen LogP) is 10.8. The molecule has 0 unspecified atom stereocenters. The number of benzene rings is 2. The Balaban J connectivity index is 1.73. The van der Waals surface area contributed by atoms with Crippen molar-refractivity contribution in [3.63, 3.8) is 0 Å². The van der Waals surface area contributed by atoms with E-state index >= 15 is 0 Å². The highest BCUT2D eigenvalue weighted by atomic mass is 28.4. The lowest BCUT2D eigenvalue weighted by molar-refractivity contribution is -0.322. The Labute approximate surface area is 381 Å². The van der Waals surface area contributed by atoms with Crippen LogP contribution in [0, 0.1) is 0 Å². The van der Waals surface area contributed by atoms with Crippen LogP contribution in [0.25, 0.3) is 10.4 Å². The first-order chi connectivity index (χ1) is 28.8. The van der Waals surface area contributed by atoms with Gasteiger partial charge in [0.15, 0.2) is 22.4 Å². The summed E-state index contributed by atoms with van der Waals surface area (Å²) in [7, 11) is -8.36. The maximum absolute atomic E-state index is 14.0. The molecule has 0 bridgehead atoms. The molecule has 350 valence electrons. The predicted molar refractivity (Wildman–Crippen MR) is 259 cm³/mol. The van der Waals surface area contributed by atoms with E-state index in [2.05, 4.69) is 147 Å². The molecule has 1 amide bonds.